The van der Waals surface area contributed by atoms with Crippen molar-refractivity contribution in [3.63, 3.8) is 0 Å². The van der Waals surface area contributed by atoms with E-state index in [1.165, 1.54) is 0 Å². The molecule has 0 aliphatic rings. The molecule has 0 unspecified atom stereocenters. The number of carbonyl (C=O) groups excluding carboxylic acids is 1. The highest BCUT2D eigenvalue weighted by molar-refractivity contribution is 6.29. The summed E-state index contributed by atoms with van der Waals surface area (Å²) in [5, 5.41) is 3.14. The highest BCUT2D eigenvalue weighted by atomic mass is 35.5. The molecule has 1 amide bonds. The summed E-state index contributed by atoms with van der Waals surface area (Å²) in [6.45, 7) is 11.0. The zero-order valence-corrected chi connectivity index (χ0v) is 13.5. The summed E-state index contributed by atoms with van der Waals surface area (Å²) in [6, 6.07) is 3.36. The Hall–Kier alpha value is -1.13. The molecule has 112 valence electrons. The molecular formula is C15H23ClN2O2. The normalized spacial score (nSPS) is 11.8. The van der Waals surface area contributed by atoms with Crippen molar-refractivity contribution < 1.29 is 9.53 Å². The second-order valence-corrected chi connectivity index (χ2v) is 6.38. The molecule has 0 saturated carbocycles. The van der Waals surface area contributed by atoms with Gasteiger partial charge in [0, 0.05) is 23.2 Å². The predicted octanol–water partition coefficient (Wildman–Crippen LogP) is 3.19. The Morgan fingerprint density at radius 1 is 1.40 bits per heavy atom. The van der Waals surface area contributed by atoms with Crippen LogP contribution in [0.3, 0.4) is 0 Å². The standard InChI is InChI=1S/C15H23ClN2O2/c1-10(2)20-7-6-17-14(19)11-8-12(15(3,4)5)18-13(16)9-11/h8-10H,6-7H2,1-5H3,(H,17,19). The van der Waals surface area contributed by atoms with Gasteiger partial charge >= 0.3 is 0 Å². The lowest BCUT2D eigenvalue weighted by Gasteiger charge is -2.18. The molecule has 1 N–H and O–H groups in total. The fourth-order valence-electron chi connectivity index (χ4n) is 1.57. The van der Waals surface area contributed by atoms with Crippen molar-refractivity contribution in [3.05, 3.63) is 28.5 Å². The number of rotatable bonds is 5. The van der Waals surface area contributed by atoms with Gasteiger partial charge in [-0.15, -0.1) is 0 Å². The van der Waals surface area contributed by atoms with Gasteiger partial charge < -0.3 is 10.1 Å². The van der Waals surface area contributed by atoms with Crippen molar-refractivity contribution >= 4 is 17.5 Å². The number of aromatic nitrogens is 1. The van der Waals surface area contributed by atoms with Gasteiger partial charge in [-0.3, -0.25) is 4.79 Å². The van der Waals surface area contributed by atoms with Gasteiger partial charge in [-0.2, -0.15) is 0 Å². The van der Waals surface area contributed by atoms with Crippen molar-refractivity contribution in [2.75, 3.05) is 13.2 Å². The molecule has 0 bridgehead atoms. The molecule has 4 nitrogen and oxygen atoms in total. The number of ether oxygens (including phenoxy) is 1. The maximum absolute atomic E-state index is 12.1. The van der Waals surface area contributed by atoms with Crippen molar-refractivity contribution in [2.45, 2.75) is 46.1 Å². The first-order valence-corrected chi connectivity index (χ1v) is 7.16. The highest BCUT2D eigenvalue weighted by Crippen LogP contribution is 2.23. The van der Waals surface area contributed by atoms with E-state index in [0.29, 0.717) is 23.9 Å². The minimum absolute atomic E-state index is 0.152. The maximum atomic E-state index is 12.1. The Morgan fingerprint density at radius 2 is 2.05 bits per heavy atom. The van der Waals surface area contributed by atoms with Crippen molar-refractivity contribution in [3.8, 4) is 0 Å². The first-order valence-electron chi connectivity index (χ1n) is 6.78. The van der Waals surface area contributed by atoms with Crippen LogP contribution in [0.25, 0.3) is 0 Å². The van der Waals surface area contributed by atoms with Crippen LogP contribution in [-0.2, 0) is 10.2 Å². The van der Waals surface area contributed by atoms with Crippen molar-refractivity contribution in [1.82, 2.24) is 10.3 Å². The minimum atomic E-state index is -0.160. The second-order valence-electron chi connectivity index (χ2n) is 5.99. The van der Waals surface area contributed by atoms with Crippen LogP contribution in [0.2, 0.25) is 5.15 Å². The third-order valence-electron chi connectivity index (χ3n) is 2.66. The Balaban J connectivity index is 2.71. The summed E-state index contributed by atoms with van der Waals surface area (Å²) in [5.41, 5.74) is 1.17. The van der Waals surface area contributed by atoms with Gasteiger partial charge in [-0.1, -0.05) is 32.4 Å². The molecule has 5 heteroatoms. The van der Waals surface area contributed by atoms with E-state index < -0.39 is 0 Å². The smallest absolute Gasteiger partial charge is 0.251 e. The SMILES string of the molecule is CC(C)OCCNC(=O)c1cc(Cl)nc(C(C)(C)C)c1. The topological polar surface area (TPSA) is 51.2 Å². The van der Waals surface area contributed by atoms with Crippen LogP contribution >= 0.6 is 11.6 Å². The Kier molecular flexibility index (Phi) is 5.96. The van der Waals surface area contributed by atoms with E-state index in [1.54, 1.807) is 12.1 Å². The Morgan fingerprint density at radius 3 is 2.60 bits per heavy atom. The van der Waals surface area contributed by atoms with Crippen LogP contribution in [0, 0.1) is 0 Å². The van der Waals surface area contributed by atoms with Crippen LogP contribution in [0.4, 0.5) is 0 Å². The molecule has 1 aromatic heterocycles. The molecule has 0 atom stereocenters. The molecule has 0 aromatic carbocycles. The van der Waals surface area contributed by atoms with Crippen LogP contribution in [0.1, 0.15) is 50.7 Å². The largest absolute Gasteiger partial charge is 0.377 e. The summed E-state index contributed by atoms with van der Waals surface area (Å²) in [6.07, 6.45) is 0.162. The van der Waals surface area contributed by atoms with Crippen molar-refractivity contribution in [2.24, 2.45) is 0 Å². The molecule has 1 aromatic rings. The summed E-state index contributed by atoms with van der Waals surface area (Å²) in [5.74, 6) is -0.160. The molecule has 0 aliphatic carbocycles. The number of pyridine rings is 1. The zero-order valence-electron chi connectivity index (χ0n) is 12.8. The van der Waals surface area contributed by atoms with Gasteiger partial charge in [0.15, 0.2) is 0 Å². The summed E-state index contributed by atoms with van der Waals surface area (Å²) in [4.78, 5) is 16.3. The average molecular weight is 299 g/mol. The summed E-state index contributed by atoms with van der Waals surface area (Å²) < 4.78 is 5.38. The number of halogens is 1. The van der Waals surface area contributed by atoms with Gasteiger partial charge in [-0.25, -0.2) is 4.98 Å². The fraction of sp³-hybridized carbons (Fsp3) is 0.600. The molecular weight excluding hydrogens is 276 g/mol. The Bertz CT molecular complexity index is 467. The number of nitrogens with zero attached hydrogens (tertiary/aromatic N) is 1. The van der Waals surface area contributed by atoms with E-state index in [1.807, 2.05) is 34.6 Å². The molecule has 0 fully saturated rings. The molecule has 0 spiro atoms. The van der Waals surface area contributed by atoms with Gasteiger partial charge in [0.1, 0.15) is 5.15 Å². The summed E-state index contributed by atoms with van der Waals surface area (Å²) >= 11 is 5.99. The highest BCUT2D eigenvalue weighted by Gasteiger charge is 2.18. The Labute approximate surface area is 125 Å². The maximum Gasteiger partial charge on any atom is 0.251 e. The van der Waals surface area contributed by atoms with E-state index in [4.69, 9.17) is 16.3 Å². The van der Waals surface area contributed by atoms with Gasteiger partial charge in [0.25, 0.3) is 5.91 Å². The van der Waals surface area contributed by atoms with E-state index in [9.17, 15) is 4.79 Å². The third-order valence-corrected chi connectivity index (χ3v) is 2.86. The van der Waals surface area contributed by atoms with Crippen LogP contribution in [0.15, 0.2) is 12.1 Å². The molecule has 0 saturated heterocycles. The van der Waals surface area contributed by atoms with Gasteiger partial charge in [0.2, 0.25) is 0 Å². The lowest BCUT2D eigenvalue weighted by atomic mass is 9.91. The number of amides is 1. The predicted molar refractivity (Wildman–Crippen MR) is 81.4 cm³/mol. The van der Waals surface area contributed by atoms with E-state index >= 15 is 0 Å². The lowest BCUT2D eigenvalue weighted by Crippen LogP contribution is -2.28. The number of hydrogen-bond acceptors (Lipinski definition) is 3. The van der Waals surface area contributed by atoms with Gasteiger partial charge in [0.05, 0.1) is 12.7 Å². The summed E-state index contributed by atoms with van der Waals surface area (Å²) in [7, 11) is 0. The fourth-order valence-corrected chi connectivity index (χ4v) is 1.78. The van der Waals surface area contributed by atoms with E-state index in [0.717, 1.165) is 5.69 Å². The van der Waals surface area contributed by atoms with Crippen LogP contribution in [0.5, 0.6) is 0 Å². The lowest BCUT2D eigenvalue weighted by molar-refractivity contribution is 0.0746. The average Bonchev–Trinajstić information content (AvgIpc) is 2.32. The van der Waals surface area contributed by atoms with E-state index in [-0.39, 0.29) is 17.4 Å². The first kappa shape index (κ1) is 16.9. The molecule has 1 rings (SSSR count). The van der Waals surface area contributed by atoms with Gasteiger partial charge in [-0.05, 0) is 26.0 Å². The minimum Gasteiger partial charge on any atom is -0.377 e. The molecule has 0 radical (unpaired) electrons. The second kappa shape index (κ2) is 7.04. The zero-order chi connectivity index (χ0) is 15.3. The van der Waals surface area contributed by atoms with Crippen LogP contribution in [-0.4, -0.2) is 30.1 Å². The monoisotopic (exact) mass is 298 g/mol. The number of carbonyl (C=O) groups is 1. The third kappa shape index (κ3) is 5.47. The van der Waals surface area contributed by atoms with Crippen molar-refractivity contribution in [1.29, 1.82) is 0 Å². The molecule has 0 aliphatic heterocycles. The molecule has 1 heterocycles. The first-order chi connectivity index (χ1) is 9.20. The van der Waals surface area contributed by atoms with E-state index in [2.05, 4.69) is 10.3 Å². The quantitative estimate of drug-likeness (QED) is 0.671. The number of hydrogen-bond donors (Lipinski definition) is 1. The number of nitrogens with one attached hydrogen (secondary N) is 1. The van der Waals surface area contributed by atoms with Crippen LogP contribution < -0.4 is 5.32 Å². The molecule has 20 heavy (non-hydrogen) atoms.